The molecule has 0 spiro atoms. The zero-order valence-electron chi connectivity index (χ0n) is 16.9. The number of nitrogens with two attached hydrogens (primary N) is 1. The van der Waals surface area contributed by atoms with Crippen molar-refractivity contribution in [3.05, 3.63) is 24.3 Å². The van der Waals surface area contributed by atoms with E-state index in [0.717, 1.165) is 12.1 Å². The van der Waals surface area contributed by atoms with E-state index in [-0.39, 0.29) is 98.6 Å². The van der Waals surface area contributed by atoms with Crippen molar-refractivity contribution in [2.75, 3.05) is 5.73 Å². The molecule has 0 aliphatic rings. The molecule has 26 heavy (non-hydrogen) atoms. The monoisotopic (exact) mass is 455 g/mol. The van der Waals surface area contributed by atoms with Crippen LogP contribution in [0.5, 0.6) is 0 Å². The fourth-order valence-corrected chi connectivity index (χ4v) is 4.05. The Hall–Kier alpha value is 1.23. The zero-order valence-corrected chi connectivity index (χ0v) is 22.4. The van der Waals surface area contributed by atoms with Gasteiger partial charge in [0.25, 0.3) is 30.4 Å². The van der Waals surface area contributed by atoms with Crippen molar-refractivity contribution in [2.24, 2.45) is 0 Å². The van der Waals surface area contributed by atoms with E-state index in [1.54, 1.807) is 0 Å². The fraction of sp³-hybridized carbons (Fsp3) is 0. The quantitative estimate of drug-likeness (QED) is 0.196. The largest absolute Gasteiger partial charge is 1.00 e. The second kappa shape index (κ2) is 9.82. The molecule has 2 rings (SSSR count). The Labute approximate surface area is 220 Å². The molecule has 0 amide bonds. The van der Waals surface area contributed by atoms with E-state index >= 15 is 0 Å². The molecule has 0 atom stereocenters. The van der Waals surface area contributed by atoms with Gasteiger partial charge in [0.2, 0.25) is 0 Å². The normalized spacial score (nSPS) is 11.8. The number of hydrogen-bond acceptors (Lipinski definition) is 7. The van der Waals surface area contributed by atoms with Gasteiger partial charge in [-0.05, 0) is 24.3 Å². The molecular formula is C10H12NNa3O9S3. The van der Waals surface area contributed by atoms with Crippen molar-refractivity contribution >= 4 is 46.8 Å². The van der Waals surface area contributed by atoms with Gasteiger partial charge in [-0.1, -0.05) is 0 Å². The molecule has 0 radical (unpaired) electrons. The summed E-state index contributed by atoms with van der Waals surface area (Å²) in [6.45, 7) is 0. The molecule has 0 saturated heterocycles. The topological polar surface area (TPSA) is 189 Å². The second-order valence-electron chi connectivity index (χ2n) is 4.42. The maximum absolute atomic E-state index is 11.5. The third-order valence-corrected chi connectivity index (χ3v) is 5.52. The van der Waals surface area contributed by atoms with E-state index in [1.165, 1.54) is 0 Å². The predicted octanol–water partition coefficient (Wildman–Crippen LogP) is -8.49. The fourth-order valence-electron chi connectivity index (χ4n) is 2.00. The summed E-state index contributed by atoms with van der Waals surface area (Å²) in [5, 5.41) is -1.12. The zero-order chi connectivity index (χ0) is 17.8. The molecule has 0 aromatic heterocycles. The van der Waals surface area contributed by atoms with Crippen molar-refractivity contribution in [1.29, 1.82) is 0 Å². The SMILES string of the molecule is Nc1ccc(S(=O)(=O)O)c2cc(S(=O)(=O)O)cc(S(=O)(=O)O)c12.[H-].[H-].[H-].[Na+].[Na+].[Na+]. The molecule has 0 aliphatic carbocycles. The van der Waals surface area contributed by atoms with E-state index in [9.17, 15) is 34.4 Å². The minimum atomic E-state index is -5.03. The van der Waals surface area contributed by atoms with Crippen LogP contribution in [-0.2, 0) is 30.4 Å². The van der Waals surface area contributed by atoms with Gasteiger partial charge in [-0.2, -0.15) is 25.3 Å². The summed E-state index contributed by atoms with van der Waals surface area (Å²) in [6.07, 6.45) is 0. The first kappa shape index (κ1) is 29.4. The van der Waals surface area contributed by atoms with Gasteiger partial charge < -0.3 is 10.0 Å². The molecule has 0 unspecified atom stereocenters. The first-order chi connectivity index (χ1) is 10.2. The maximum atomic E-state index is 11.5. The first-order valence-electron chi connectivity index (χ1n) is 5.51. The molecule has 16 heteroatoms. The molecule has 0 saturated carbocycles. The molecule has 10 nitrogen and oxygen atoms in total. The number of anilines is 1. The standard InChI is InChI=1S/C10H9NO9S3.3Na.3H/c11-7-1-2-8(22(15,16)17)6-3-5(21(12,13)14)4-9(10(6)7)23(18,19)20;;;;;;/h1-4H,11H2,(H,12,13,14)(H,15,16,17)(H,18,19,20);;;;;;/q;3*+1;3*-1. The summed E-state index contributed by atoms with van der Waals surface area (Å²) in [5.74, 6) is 0. The van der Waals surface area contributed by atoms with Crippen LogP contribution >= 0.6 is 0 Å². The van der Waals surface area contributed by atoms with Gasteiger partial charge in [0.1, 0.15) is 9.79 Å². The van der Waals surface area contributed by atoms with E-state index in [2.05, 4.69) is 0 Å². The number of fused-ring (bicyclic) bond motifs is 1. The average Bonchev–Trinajstić information content (AvgIpc) is 2.34. The Balaban J connectivity index is -0.000000320. The summed E-state index contributed by atoms with van der Waals surface area (Å²) in [4.78, 5) is -2.89. The maximum Gasteiger partial charge on any atom is 1.00 e. The van der Waals surface area contributed by atoms with Crippen molar-refractivity contribution in [2.45, 2.75) is 14.7 Å². The Morgan fingerprint density at radius 1 is 0.731 bits per heavy atom. The van der Waals surface area contributed by atoms with Crippen LogP contribution in [0, 0.1) is 0 Å². The predicted molar refractivity (Wildman–Crippen MR) is 81.1 cm³/mol. The van der Waals surface area contributed by atoms with Crippen LogP contribution in [0.2, 0.25) is 0 Å². The molecule has 0 aliphatic heterocycles. The van der Waals surface area contributed by atoms with Gasteiger partial charge in [0.05, 0.1) is 4.90 Å². The molecule has 2 aromatic carbocycles. The smallest absolute Gasteiger partial charge is 1.00 e. The Kier molecular flexibility index (Phi) is 11.1. The van der Waals surface area contributed by atoms with Crippen molar-refractivity contribution in [3.63, 3.8) is 0 Å². The van der Waals surface area contributed by atoms with Crippen LogP contribution in [0.15, 0.2) is 39.0 Å². The van der Waals surface area contributed by atoms with Crippen LogP contribution in [0.25, 0.3) is 10.8 Å². The molecule has 5 N–H and O–H groups in total. The van der Waals surface area contributed by atoms with Crippen LogP contribution in [-0.4, -0.2) is 38.9 Å². The minimum Gasteiger partial charge on any atom is -1.00 e. The van der Waals surface area contributed by atoms with Gasteiger partial charge in [-0.25, -0.2) is 0 Å². The van der Waals surface area contributed by atoms with Crippen molar-refractivity contribution < 1.29 is 132 Å². The summed E-state index contributed by atoms with van der Waals surface area (Å²) < 4.78 is 95.6. The first-order valence-corrected chi connectivity index (χ1v) is 9.83. The van der Waals surface area contributed by atoms with E-state index in [1.807, 2.05) is 0 Å². The van der Waals surface area contributed by atoms with E-state index < -0.39 is 55.8 Å². The van der Waals surface area contributed by atoms with Gasteiger partial charge in [0, 0.05) is 16.5 Å². The van der Waals surface area contributed by atoms with Crippen LogP contribution in [0.1, 0.15) is 4.28 Å². The summed E-state index contributed by atoms with van der Waals surface area (Å²) >= 11 is 0. The molecule has 0 heterocycles. The molecular weight excluding hydrogens is 443 g/mol. The van der Waals surface area contributed by atoms with Crippen LogP contribution in [0.4, 0.5) is 5.69 Å². The van der Waals surface area contributed by atoms with Gasteiger partial charge in [-0.3, -0.25) is 13.7 Å². The minimum absolute atomic E-state index is 0. The van der Waals surface area contributed by atoms with Crippen molar-refractivity contribution in [3.8, 4) is 0 Å². The molecule has 0 bridgehead atoms. The number of nitrogen functional groups attached to an aromatic ring is 1. The third kappa shape index (κ3) is 6.37. The van der Waals surface area contributed by atoms with Gasteiger partial charge >= 0.3 is 88.7 Å². The molecule has 132 valence electrons. The second-order valence-corrected chi connectivity index (χ2v) is 8.62. The van der Waals surface area contributed by atoms with Gasteiger partial charge in [-0.15, -0.1) is 0 Å². The van der Waals surface area contributed by atoms with Crippen LogP contribution in [0.3, 0.4) is 0 Å². The Morgan fingerprint density at radius 3 is 1.58 bits per heavy atom. The molecule has 2 aromatic rings. The van der Waals surface area contributed by atoms with Crippen LogP contribution < -0.4 is 94.4 Å². The Bertz CT molecular complexity index is 1160. The van der Waals surface area contributed by atoms with E-state index in [0.29, 0.717) is 12.1 Å². The summed E-state index contributed by atoms with van der Waals surface area (Å²) in [5.41, 5.74) is 5.26. The van der Waals surface area contributed by atoms with Crippen molar-refractivity contribution in [1.82, 2.24) is 0 Å². The third-order valence-electron chi connectivity index (χ3n) is 2.90. The summed E-state index contributed by atoms with van der Waals surface area (Å²) in [6, 6.07) is 2.79. The molecule has 0 fully saturated rings. The number of hydrogen-bond donors (Lipinski definition) is 4. The van der Waals surface area contributed by atoms with Gasteiger partial charge in [0.15, 0.2) is 0 Å². The summed E-state index contributed by atoms with van der Waals surface area (Å²) in [7, 11) is -14.9. The average molecular weight is 455 g/mol. The number of rotatable bonds is 3. The van der Waals surface area contributed by atoms with E-state index in [4.69, 9.17) is 10.3 Å². The number of benzene rings is 2. The Morgan fingerprint density at radius 2 is 1.19 bits per heavy atom.